The van der Waals surface area contributed by atoms with E-state index in [-0.39, 0.29) is 12.1 Å². The predicted octanol–water partition coefficient (Wildman–Crippen LogP) is 3.89. The second-order valence-electron chi connectivity index (χ2n) is 6.50. The van der Waals surface area contributed by atoms with Crippen molar-refractivity contribution in [3.8, 4) is 6.07 Å². The summed E-state index contributed by atoms with van der Waals surface area (Å²) in [5.74, 6) is 0. The van der Waals surface area contributed by atoms with E-state index in [2.05, 4.69) is 15.5 Å². The quantitative estimate of drug-likeness (QED) is 0.771. The average molecular weight is 419 g/mol. The van der Waals surface area contributed by atoms with Crippen molar-refractivity contribution in [2.24, 2.45) is 0 Å². The van der Waals surface area contributed by atoms with Crippen molar-refractivity contribution in [3.05, 3.63) is 63.6 Å². The molecular formula is C20H20Cl2N4O2. The van der Waals surface area contributed by atoms with Crippen LogP contribution in [0.4, 0.5) is 10.5 Å². The van der Waals surface area contributed by atoms with Crippen LogP contribution in [-0.4, -0.2) is 43.3 Å². The molecule has 28 heavy (non-hydrogen) atoms. The monoisotopic (exact) mass is 418 g/mol. The Kier molecular flexibility index (Phi) is 7.12. The van der Waals surface area contributed by atoms with Gasteiger partial charge in [0.2, 0.25) is 0 Å². The minimum Gasteiger partial charge on any atom is -0.374 e. The van der Waals surface area contributed by atoms with E-state index in [9.17, 15) is 4.79 Å². The third-order valence-corrected chi connectivity index (χ3v) is 5.09. The summed E-state index contributed by atoms with van der Waals surface area (Å²) >= 11 is 12.0. The lowest BCUT2D eigenvalue weighted by Crippen LogP contribution is -2.47. The first kappa shape index (κ1) is 20.4. The molecule has 8 heteroatoms. The third-order valence-electron chi connectivity index (χ3n) is 4.35. The van der Waals surface area contributed by atoms with Crippen molar-refractivity contribution in [2.45, 2.75) is 12.6 Å². The van der Waals surface area contributed by atoms with Gasteiger partial charge >= 0.3 is 6.03 Å². The molecular weight excluding hydrogens is 399 g/mol. The molecule has 6 nitrogen and oxygen atoms in total. The standard InChI is InChI=1S/C20H20Cl2N4O2/c21-18-5-4-15(9-19(18)22)12-26-6-7-28-17(13-26)11-24-20(27)25-16-3-1-2-14(8-16)10-23/h1-5,8-9,17H,6-7,11-13H2,(H2,24,25,27). The van der Waals surface area contributed by atoms with Gasteiger partial charge in [-0.1, -0.05) is 35.3 Å². The maximum absolute atomic E-state index is 12.1. The van der Waals surface area contributed by atoms with Crippen LogP contribution in [0.25, 0.3) is 0 Å². The average Bonchev–Trinajstić information content (AvgIpc) is 2.70. The fraction of sp³-hybridized carbons (Fsp3) is 0.300. The van der Waals surface area contributed by atoms with Crippen molar-refractivity contribution in [2.75, 3.05) is 31.6 Å². The summed E-state index contributed by atoms with van der Waals surface area (Å²) in [6, 6.07) is 14.1. The van der Waals surface area contributed by atoms with E-state index in [0.29, 0.717) is 41.0 Å². The number of rotatable bonds is 5. The predicted molar refractivity (Wildman–Crippen MR) is 110 cm³/mol. The molecule has 0 aliphatic carbocycles. The summed E-state index contributed by atoms with van der Waals surface area (Å²) in [6.07, 6.45) is -0.104. The molecule has 2 amide bonds. The molecule has 1 fully saturated rings. The molecule has 146 valence electrons. The van der Waals surface area contributed by atoms with Crippen LogP contribution in [0.3, 0.4) is 0 Å². The molecule has 1 aliphatic rings. The highest BCUT2D eigenvalue weighted by molar-refractivity contribution is 6.42. The Morgan fingerprint density at radius 2 is 2.11 bits per heavy atom. The SMILES string of the molecule is N#Cc1cccc(NC(=O)NCC2CN(Cc3ccc(Cl)c(Cl)c3)CCO2)c1. The number of carbonyl (C=O) groups excluding carboxylic acids is 1. The number of nitrogens with one attached hydrogen (secondary N) is 2. The summed E-state index contributed by atoms with van der Waals surface area (Å²) in [5.41, 5.74) is 2.15. The van der Waals surface area contributed by atoms with Crippen molar-refractivity contribution in [1.82, 2.24) is 10.2 Å². The van der Waals surface area contributed by atoms with Crippen molar-refractivity contribution in [1.29, 1.82) is 5.26 Å². The van der Waals surface area contributed by atoms with Crippen LogP contribution in [0.5, 0.6) is 0 Å². The third kappa shape index (κ3) is 5.85. The topological polar surface area (TPSA) is 77.4 Å². The summed E-state index contributed by atoms with van der Waals surface area (Å²) in [5, 5.41) is 15.5. The van der Waals surface area contributed by atoms with Gasteiger partial charge in [-0.3, -0.25) is 4.90 Å². The van der Waals surface area contributed by atoms with Gasteiger partial charge in [0, 0.05) is 31.9 Å². The number of hydrogen-bond donors (Lipinski definition) is 2. The Labute approximate surface area is 174 Å². The number of morpholine rings is 1. The van der Waals surface area contributed by atoms with Gasteiger partial charge in [0.25, 0.3) is 0 Å². The molecule has 0 radical (unpaired) electrons. The zero-order valence-electron chi connectivity index (χ0n) is 15.1. The lowest BCUT2D eigenvalue weighted by molar-refractivity contribution is -0.0285. The zero-order chi connectivity index (χ0) is 19.9. The largest absolute Gasteiger partial charge is 0.374 e. The first-order chi connectivity index (χ1) is 13.5. The number of anilines is 1. The number of carbonyl (C=O) groups is 1. The smallest absolute Gasteiger partial charge is 0.319 e. The fourth-order valence-corrected chi connectivity index (χ4v) is 3.31. The molecule has 1 atom stereocenters. The van der Waals surface area contributed by atoms with Gasteiger partial charge in [0.1, 0.15) is 0 Å². The molecule has 1 unspecified atom stereocenters. The van der Waals surface area contributed by atoms with Crippen molar-refractivity contribution >= 4 is 34.9 Å². The molecule has 1 heterocycles. The maximum Gasteiger partial charge on any atom is 0.319 e. The van der Waals surface area contributed by atoms with Crippen LogP contribution in [0.15, 0.2) is 42.5 Å². The lowest BCUT2D eigenvalue weighted by atomic mass is 10.2. The molecule has 0 spiro atoms. The van der Waals surface area contributed by atoms with Crippen LogP contribution in [0, 0.1) is 11.3 Å². The van der Waals surface area contributed by atoms with Gasteiger partial charge < -0.3 is 15.4 Å². The van der Waals surface area contributed by atoms with E-state index < -0.39 is 0 Å². The van der Waals surface area contributed by atoms with Gasteiger partial charge in [0.05, 0.1) is 34.4 Å². The number of hydrogen-bond acceptors (Lipinski definition) is 4. The minimum absolute atomic E-state index is 0.104. The highest BCUT2D eigenvalue weighted by atomic mass is 35.5. The number of halogens is 2. The molecule has 2 aromatic rings. The Balaban J connectivity index is 1.47. The molecule has 0 aromatic heterocycles. The fourth-order valence-electron chi connectivity index (χ4n) is 2.99. The maximum atomic E-state index is 12.1. The minimum atomic E-state index is -0.333. The summed E-state index contributed by atoms with van der Waals surface area (Å²) < 4.78 is 5.75. The van der Waals surface area contributed by atoms with Crippen molar-refractivity contribution in [3.63, 3.8) is 0 Å². The first-order valence-electron chi connectivity index (χ1n) is 8.86. The molecule has 0 saturated carbocycles. The number of nitriles is 1. The molecule has 2 N–H and O–H groups in total. The van der Waals surface area contributed by atoms with E-state index in [0.717, 1.165) is 18.7 Å². The normalized spacial score (nSPS) is 17.0. The van der Waals surface area contributed by atoms with E-state index in [1.54, 1.807) is 30.3 Å². The number of nitrogens with zero attached hydrogens (tertiary/aromatic N) is 2. The Morgan fingerprint density at radius 1 is 1.25 bits per heavy atom. The lowest BCUT2D eigenvalue weighted by Gasteiger charge is -2.33. The molecule has 3 rings (SSSR count). The molecule has 1 aliphatic heterocycles. The second kappa shape index (κ2) is 9.76. The van der Waals surface area contributed by atoms with Crippen LogP contribution in [-0.2, 0) is 11.3 Å². The van der Waals surface area contributed by atoms with Gasteiger partial charge in [-0.05, 0) is 35.9 Å². The highest BCUT2D eigenvalue weighted by Gasteiger charge is 2.21. The molecule has 2 aromatic carbocycles. The van der Waals surface area contributed by atoms with Gasteiger partial charge in [-0.25, -0.2) is 4.79 Å². The first-order valence-corrected chi connectivity index (χ1v) is 9.62. The van der Waals surface area contributed by atoms with E-state index in [1.165, 1.54) is 0 Å². The van der Waals surface area contributed by atoms with Crippen LogP contribution in [0.2, 0.25) is 10.0 Å². The van der Waals surface area contributed by atoms with Gasteiger partial charge in [-0.15, -0.1) is 0 Å². The number of ether oxygens (including phenoxy) is 1. The van der Waals surface area contributed by atoms with Crippen LogP contribution >= 0.6 is 23.2 Å². The van der Waals surface area contributed by atoms with E-state index in [1.807, 2.05) is 18.2 Å². The van der Waals surface area contributed by atoms with Crippen LogP contribution < -0.4 is 10.6 Å². The Bertz CT molecular complexity index is 885. The second-order valence-corrected chi connectivity index (χ2v) is 7.32. The van der Waals surface area contributed by atoms with E-state index in [4.69, 9.17) is 33.2 Å². The number of benzene rings is 2. The molecule has 1 saturated heterocycles. The molecule has 0 bridgehead atoms. The van der Waals surface area contributed by atoms with Crippen molar-refractivity contribution < 1.29 is 9.53 Å². The highest BCUT2D eigenvalue weighted by Crippen LogP contribution is 2.23. The Morgan fingerprint density at radius 3 is 2.89 bits per heavy atom. The Hall–Kier alpha value is -2.30. The van der Waals surface area contributed by atoms with E-state index >= 15 is 0 Å². The summed E-state index contributed by atoms with van der Waals surface area (Å²) in [6.45, 7) is 3.24. The van der Waals surface area contributed by atoms with Gasteiger partial charge in [0.15, 0.2) is 0 Å². The summed E-state index contributed by atoms with van der Waals surface area (Å²) in [7, 11) is 0. The van der Waals surface area contributed by atoms with Gasteiger partial charge in [-0.2, -0.15) is 5.26 Å². The van der Waals surface area contributed by atoms with Crippen LogP contribution in [0.1, 0.15) is 11.1 Å². The number of amides is 2. The number of urea groups is 1. The zero-order valence-corrected chi connectivity index (χ0v) is 16.6. The summed E-state index contributed by atoms with van der Waals surface area (Å²) in [4.78, 5) is 14.3.